The van der Waals surface area contributed by atoms with Crippen LogP contribution in [0.15, 0.2) is 47.2 Å². The van der Waals surface area contributed by atoms with Gasteiger partial charge < -0.3 is 9.88 Å². The third kappa shape index (κ3) is 3.61. The molecule has 0 radical (unpaired) electrons. The first kappa shape index (κ1) is 20.8. The number of nitrogens with one attached hydrogen (secondary N) is 1. The van der Waals surface area contributed by atoms with Crippen molar-refractivity contribution in [2.75, 3.05) is 31.1 Å². The molecule has 4 aromatic heterocycles. The molecule has 0 spiro atoms. The normalized spacial score (nSPS) is 15.2. The van der Waals surface area contributed by atoms with Crippen LogP contribution in [0.2, 0.25) is 4.34 Å². The van der Waals surface area contributed by atoms with Gasteiger partial charge in [-0.3, -0.25) is 0 Å². The Kier molecular flexibility index (Phi) is 5.30. The molecule has 162 valence electrons. The lowest BCUT2D eigenvalue weighted by Crippen LogP contribution is -2.48. The predicted octanol–water partition coefficient (Wildman–Crippen LogP) is 3.12. The highest BCUT2D eigenvalue weighted by Gasteiger charge is 2.30. The van der Waals surface area contributed by atoms with Crippen molar-refractivity contribution in [3.8, 4) is 17.3 Å². The van der Waals surface area contributed by atoms with E-state index in [1.807, 2.05) is 17.0 Å². The van der Waals surface area contributed by atoms with E-state index in [9.17, 15) is 13.7 Å². The summed E-state index contributed by atoms with van der Waals surface area (Å²) in [5.74, 6) is 0.754. The number of H-pyrrole nitrogens is 1. The van der Waals surface area contributed by atoms with Gasteiger partial charge >= 0.3 is 0 Å². The Morgan fingerprint density at radius 2 is 1.91 bits per heavy atom. The summed E-state index contributed by atoms with van der Waals surface area (Å²) in [4.78, 5) is 18.1. The number of nitriles is 1. The number of rotatable bonds is 4. The Bertz CT molecular complexity index is 1430. The van der Waals surface area contributed by atoms with Crippen LogP contribution in [0.1, 0.15) is 5.56 Å². The molecule has 0 unspecified atom stereocenters. The molecule has 1 N–H and O–H groups in total. The molecular formula is C20H16ClN7O2S2. The van der Waals surface area contributed by atoms with Gasteiger partial charge in [0.1, 0.15) is 28.1 Å². The van der Waals surface area contributed by atoms with Crippen LogP contribution in [-0.2, 0) is 10.0 Å². The minimum absolute atomic E-state index is 0.260. The molecule has 32 heavy (non-hydrogen) atoms. The van der Waals surface area contributed by atoms with Gasteiger partial charge in [0.2, 0.25) is 0 Å². The van der Waals surface area contributed by atoms with Crippen molar-refractivity contribution in [2.24, 2.45) is 0 Å². The fraction of sp³-hybridized carbons (Fsp3) is 0.200. The van der Waals surface area contributed by atoms with E-state index >= 15 is 0 Å². The minimum Gasteiger partial charge on any atom is -0.354 e. The summed E-state index contributed by atoms with van der Waals surface area (Å²) in [5.41, 5.74) is 2.48. The second-order valence-electron chi connectivity index (χ2n) is 7.11. The fourth-order valence-electron chi connectivity index (χ4n) is 3.70. The van der Waals surface area contributed by atoms with Crippen molar-refractivity contribution in [3.05, 3.63) is 52.9 Å². The SMILES string of the molecule is N#Cc1c[nH]c2ncnc(-c3ccc(N4CCN(S(=O)(=O)c5ccc(Cl)s5)CC4)nc3)c12. The van der Waals surface area contributed by atoms with Gasteiger partial charge in [-0.05, 0) is 24.3 Å². The molecule has 1 aliphatic rings. The number of hydrogen-bond acceptors (Lipinski definition) is 8. The summed E-state index contributed by atoms with van der Waals surface area (Å²) in [6, 6.07) is 9.07. The molecule has 0 bridgehead atoms. The first-order valence-electron chi connectivity index (χ1n) is 9.66. The van der Waals surface area contributed by atoms with E-state index in [0.717, 1.165) is 22.7 Å². The second-order valence-corrected chi connectivity index (χ2v) is 11.0. The third-order valence-electron chi connectivity index (χ3n) is 5.32. The van der Waals surface area contributed by atoms with Crippen molar-refractivity contribution >= 4 is 49.8 Å². The molecule has 9 nitrogen and oxygen atoms in total. The smallest absolute Gasteiger partial charge is 0.252 e. The summed E-state index contributed by atoms with van der Waals surface area (Å²) in [6.45, 7) is 1.78. The largest absolute Gasteiger partial charge is 0.354 e. The first-order valence-corrected chi connectivity index (χ1v) is 12.3. The number of thiophene rings is 1. The molecule has 4 aromatic rings. The number of fused-ring (bicyclic) bond motifs is 1. The van der Waals surface area contributed by atoms with Crippen LogP contribution >= 0.6 is 22.9 Å². The number of aromatic amines is 1. The fourth-order valence-corrected chi connectivity index (χ4v) is 6.76. The average Bonchev–Trinajstić information content (AvgIpc) is 3.45. The molecule has 1 fully saturated rings. The van der Waals surface area contributed by atoms with E-state index < -0.39 is 10.0 Å². The summed E-state index contributed by atoms with van der Waals surface area (Å²) in [7, 11) is -3.53. The molecule has 0 aliphatic carbocycles. The van der Waals surface area contributed by atoms with Gasteiger partial charge in [0.05, 0.1) is 21.0 Å². The van der Waals surface area contributed by atoms with Gasteiger partial charge in [-0.15, -0.1) is 11.3 Å². The number of nitrogens with zero attached hydrogens (tertiary/aromatic N) is 6. The Balaban J connectivity index is 1.33. The van der Waals surface area contributed by atoms with Gasteiger partial charge in [-0.25, -0.2) is 23.4 Å². The number of sulfonamides is 1. The summed E-state index contributed by atoms with van der Waals surface area (Å²) in [5, 5.41) is 10.0. The zero-order valence-electron chi connectivity index (χ0n) is 16.6. The lowest BCUT2D eigenvalue weighted by Gasteiger charge is -2.34. The molecular weight excluding hydrogens is 470 g/mol. The van der Waals surface area contributed by atoms with Gasteiger partial charge in [0.15, 0.2) is 0 Å². The van der Waals surface area contributed by atoms with Gasteiger partial charge in [-0.2, -0.15) is 9.57 Å². The van der Waals surface area contributed by atoms with Crippen molar-refractivity contribution < 1.29 is 8.42 Å². The number of anilines is 1. The van der Waals surface area contributed by atoms with Crippen LogP contribution in [0.3, 0.4) is 0 Å². The predicted molar refractivity (Wildman–Crippen MR) is 122 cm³/mol. The Morgan fingerprint density at radius 1 is 1.09 bits per heavy atom. The molecule has 1 aliphatic heterocycles. The van der Waals surface area contributed by atoms with Gasteiger partial charge in [-0.1, -0.05) is 11.6 Å². The molecule has 5 heterocycles. The summed E-state index contributed by atoms with van der Waals surface area (Å²) in [6.07, 6.45) is 4.77. The Morgan fingerprint density at radius 3 is 2.56 bits per heavy atom. The zero-order valence-corrected chi connectivity index (χ0v) is 19.0. The molecule has 0 saturated carbocycles. The highest BCUT2D eigenvalue weighted by Crippen LogP contribution is 2.30. The Hall–Kier alpha value is -3.04. The molecule has 0 aromatic carbocycles. The van der Waals surface area contributed by atoms with Crippen molar-refractivity contribution in [2.45, 2.75) is 4.21 Å². The lowest BCUT2D eigenvalue weighted by molar-refractivity contribution is 0.385. The first-order chi connectivity index (χ1) is 15.5. The molecule has 1 saturated heterocycles. The molecule has 12 heteroatoms. The van der Waals surface area contributed by atoms with E-state index in [0.29, 0.717) is 52.8 Å². The van der Waals surface area contributed by atoms with Crippen LogP contribution in [0.5, 0.6) is 0 Å². The maximum atomic E-state index is 12.8. The van der Waals surface area contributed by atoms with E-state index in [1.165, 1.54) is 10.6 Å². The quantitative estimate of drug-likeness (QED) is 0.471. The molecule has 5 rings (SSSR count). The van der Waals surface area contributed by atoms with E-state index in [1.54, 1.807) is 24.5 Å². The number of hydrogen-bond donors (Lipinski definition) is 1. The zero-order chi connectivity index (χ0) is 22.3. The number of aromatic nitrogens is 4. The van der Waals surface area contributed by atoms with Crippen molar-refractivity contribution in [1.82, 2.24) is 24.2 Å². The van der Waals surface area contributed by atoms with Gasteiger partial charge in [0, 0.05) is 44.1 Å². The van der Waals surface area contributed by atoms with Crippen molar-refractivity contribution in [3.63, 3.8) is 0 Å². The van der Waals surface area contributed by atoms with Crippen LogP contribution in [-0.4, -0.2) is 58.8 Å². The van der Waals surface area contributed by atoms with E-state index in [-0.39, 0.29) is 4.21 Å². The summed E-state index contributed by atoms with van der Waals surface area (Å²) < 4.78 is 27.8. The van der Waals surface area contributed by atoms with Crippen molar-refractivity contribution in [1.29, 1.82) is 5.26 Å². The minimum atomic E-state index is -3.53. The highest BCUT2D eigenvalue weighted by molar-refractivity contribution is 7.91. The Labute approximate surface area is 193 Å². The maximum Gasteiger partial charge on any atom is 0.252 e. The molecule has 0 atom stereocenters. The van der Waals surface area contributed by atoms with Gasteiger partial charge in [0.25, 0.3) is 10.0 Å². The lowest BCUT2D eigenvalue weighted by atomic mass is 10.1. The second kappa shape index (κ2) is 8.14. The van der Waals surface area contributed by atoms with Crippen LogP contribution in [0.25, 0.3) is 22.3 Å². The maximum absolute atomic E-state index is 12.8. The monoisotopic (exact) mass is 485 g/mol. The topological polar surface area (TPSA) is 119 Å². The standard InChI is InChI=1S/C20H16ClN7O2S2/c21-15-2-4-17(31-15)32(29,30)28-7-5-27(6-8-28)16-3-1-13(10-23-16)19-18-14(9-22)11-24-20(18)26-12-25-19/h1-4,10-12H,5-8H2,(H,24,25,26). The van der Waals surface area contributed by atoms with Crippen LogP contribution in [0, 0.1) is 11.3 Å². The third-order valence-corrected chi connectivity index (χ3v) is 8.91. The average molecular weight is 486 g/mol. The number of pyridine rings is 1. The number of piperazine rings is 1. The van der Waals surface area contributed by atoms with E-state index in [2.05, 4.69) is 26.0 Å². The van der Waals surface area contributed by atoms with E-state index in [4.69, 9.17) is 11.6 Å². The van der Waals surface area contributed by atoms with Crippen LogP contribution in [0.4, 0.5) is 5.82 Å². The van der Waals surface area contributed by atoms with Crippen LogP contribution < -0.4 is 4.90 Å². The molecule has 0 amide bonds. The summed E-state index contributed by atoms with van der Waals surface area (Å²) >= 11 is 6.97. The number of halogens is 1. The highest BCUT2D eigenvalue weighted by atomic mass is 35.5.